The zero-order valence-electron chi connectivity index (χ0n) is 8.47. The molecule has 0 aromatic carbocycles. The topological polar surface area (TPSA) is 46.2 Å². The normalized spacial score (nSPS) is 46.7. The highest BCUT2D eigenvalue weighted by atomic mass is 32.1. The van der Waals surface area contributed by atoms with Gasteiger partial charge in [-0.3, -0.25) is 0 Å². The average Bonchev–Trinajstić information content (AvgIpc) is 2.58. The van der Waals surface area contributed by atoms with Crippen LogP contribution in [0, 0.1) is 0 Å². The molecule has 6 heteroatoms. The summed E-state index contributed by atoms with van der Waals surface area (Å²) in [5.41, 5.74) is 0. The third-order valence-corrected chi connectivity index (χ3v) is 2.90. The Morgan fingerprint density at radius 1 is 1.27 bits per heavy atom. The Balaban J connectivity index is 1.79. The van der Waals surface area contributed by atoms with E-state index in [0.717, 1.165) is 0 Å². The highest BCUT2D eigenvalue weighted by Crippen LogP contribution is 2.39. The van der Waals surface area contributed by atoms with E-state index in [1.54, 1.807) is 0 Å². The Bertz CT molecular complexity index is 305. The molecule has 3 heterocycles. The molecule has 0 radical (unpaired) electrons. The molecule has 0 saturated carbocycles. The smallest absolute Gasteiger partial charge is 0.352 e. The molecule has 0 N–H and O–H groups in total. The third kappa shape index (κ3) is 1.52. The summed E-state index contributed by atoms with van der Waals surface area (Å²) in [5, 5.41) is 0.161. The lowest BCUT2D eigenvalue weighted by Gasteiger charge is -2.29. The van der Waals surface area contributed by atoms with Crippen molar-refractivity contribution in [3.05, 3.63) is 0 Å². The second-order valence-electron chi connectivity index (χ2n) is 4.29. The second kappa shape index (κ2) is 3.04. The molecule has 84 valence electrons. The van der Waals surface area contributed by atoms with Crippen LogP contribution in [0.5, 0.6) is 0 Å². The van der Waals surface area contributed by atoms with Crippen LogP contribution in [0.2, 0.25) is 0 Å². The summed E-state index contributed by atoms with van der Waals surface area (Å²) in [6.45, 7) is 4.10. The molecule has 0 amide bonds. The summed E-state index contributed by atoms with van der Waals surface area (Å²) in [6, 6.07) is 0. The molecule has 4 unspecified atom stereocenters. The molecule has 0 spiro atoms. The Kier molecular flexibility index (Phi) is 1.98. The first kappa shape index (κ1) is 9.77. The highest BCUT2D eigenvalue weighted by molar-refractivity contribution is 7.79. The molecule has 0 aromatic rings. The molecule has 4 atom stereocenters. The predicted octanol–water partition coefficient (Wildman–Crippen LogP) is 0.563. The molecule has 3 aliphatic rings. The van der Waals surface area contributed by atoms with Gasteiger partial charge in [-0.15, -0.1) is 0 Å². The van der Waals surface area contributed by atoms with Crippen molar-refractivity contribution in [3.63, 3.8) is 0 Å². The van der Waals surface area contributed by atoms with Crippen molar-refractivity contribution in [2.75, 3.05) is 6.61 Å². The van der Waals surface area contributed by atoms with Gasteiger partial charge >= 0.3 is 5.24 Å². The first-order valence-corrected chi connectivity index (χ1v) is 5.30. The molecule has 5 nitrogen and oxygen atoms in total. The van der Waals surface area contributed by atoms with Crippen LogP contribution in [0.4, 0.5) is 0 Å². The van der Waals surface area contributed by atoms with Gasteiger partial charge in [0, 0.05) is 12.2 Å². The minimum Gasteiger partial charge on any atom is -0.454 e. The largest absolute Gasteiger partial charge is 0.454 e. The lowest BCUT2D eigenvalue weighted by atomic mass is 10.1. The molecule has 15 heavy (non-hydrogen) atoms. The van der Waals surface area contributed by atoms with Crippen LogP contribution in [0.25, 0.3) is 0 Å². The molecular formula is C9H12O5S. The Hall–Kier alpha value is -0.430. The van der Waals surface area contributed by atoms with Gasteiger partial charge in [0.25, 0.3) is 0 Å². The number of fused-ring (bicyclic) bond motifs is 3. The van der Waals surface area contributed by atoms with Crippen molar-refractivity contribution in [3.8, 4) is 0 Å². The number of hydrogen-bond donors (Lipinski definition) is 0. The zero-order chi connectivity index (χ0) is 10.6. The van der Waals surface area contributed by atoms with E-state index < -0.39 is 5.79 Å². The van der Waals surface area contributed by atoms with E-state index in [0.29, 0.717) is 6.61 Å². The summed E-state index contributed by atoms with van der Waals surface area (Å²) in [4.78, 5) is 0. The quantitative estimate of drug-likeness (QED) is 0.569. The summed E-state index contributed by atoms with van der Waals surface area (Å²) in [5.74, 6) is -0.621. The van der Waals surface area contributed by atoms with Gasteiger partial charge in [-0.2, -0.15) is 0 Å². The van der Waals surface area contributed by atoms with Crippen molar-refractivity contribution in [1.82, 2.24) is 0 Å². The molecule has 0 bridgehead atoms. The fraction of sp³-hybridized carbons (Fsp3) is 0.889. The number of rotatable bonds is 0. The van der Waals surface area contributed by atoms with Crippen molar-refractivity contribution in [1.29, 1.82) is 0 Å². The van der Waals surface area contributed by atoms with Gasteiger partial charge in [0.05, 0.1) is 0 Å². The van der Waals surface area contributed by atoms with Gasteiger partial charge < -0.3 is 23.7 Å². The van der Waals surface area contributed by atoms with Gasteiger partial charge in [0.1, 0.15) is 12.7 Å². The predicted molar refractivity (Wildman–Crippen MR) is 52.1 cm³/mol. The van der Waals surface area contributed by atoms with E-state index in [2.05, 4.69) is 0 Å². The molecule has 3 aliphatic heterocycles. The van der Waals surface area contributed by atoms with Gasteiger partial charge in [0.2, 0.25) is 0 Å². The monoisotopic (exact) mass is 232 g/mol. The molecule has 0 aliphatic carbocycles. The number of ether oxygens (including phenoxy) is 5. The second-order valence-corrected chi connectivity index (χ2v) is 4.62. The van der Waals surface area contributed by atoms with Gasteiger partial charge in [-0.05, 0) is 13.8 Å². The maximum absolute atomic E-state index is 5.70. The van der Waals surface area contributed by atoms with Crippen molar-refractivity contribution in [2.45, 2.75) is 44.2 Å². The zero-order valence-corrected chi connectivity index (χ0v) is 9.28. The van der Waals surface area contributed by atoms with Crippen LogP contribution in [0.3, 0.4) is 0 Å². The maximum Gasteiger partial charge on any atom is 0.352 e. The summed E-state index contributed by atoms with van der Waals surface area (Å²) in [6.07, 6.45) is -0.952. The van der Waals surface area contributed by atoms with Crippen LogP contribution in [0.15, 0.2) is 0 Å². The van der Waals surface area contributed by atoms with Gasteiger partial charge in [0.15, 0.2) is 24.3 Å². The number of thiocarbonyl (C=S) groups is 1. The third-order valence-electron chi connectivity index (χ3n) is 2.69. The van der Waals surface area contributed by atoms with Crippen LogP contribution in [-0.4, -0.2) is 42.2 Å². The molecule has 3 fully saturated rings. The Morgan fingerprint density at radius 3 is 2.87 bits per heavy atom. The highest BCUT2D eigenvalue weighted by Gasteiger charge is 2.57. The van der Waals surface area contributed by atoms with Crippen LogP contribution >= 0.6 is 12.2 Å². The lowest BCUT2D eigenvalue weighted by molar-refractivity contribution is -0.223. The SMILES string of the molecule is CC1(C)OC2OC3COC(=S)OC3C2O1. The fourth-order valence-corrected chi connectivity index (χ4v) is 2.30. The Labute approximate surface area is 92.6 Å². The van der Waals surface area contributed by atoms with Crippen molar-refractivity contribution >= 4 is 17.5 Å². The van der Waals surface area contributed by atoms with E-state index in [1.165, 1.54) is 0 Å². The standard InChI is InChI=1S/C9H12O5S/c1-9(2)13-6-5-4(11-7(6)14-9)3-10-8(15)12-5/h4-7H,3H2,1-2H3. The first-order chi connectivity index (χ1) is 7.05. The Morgan fingerprint density at radius 2 is 2.07 bits per heavy atom. The van der Waals surface area contributed by atoms with Crippen molar-refractivity contribution in [2.24, 2.45) is 0 Å². The van der Waals surface area contributed by atoms with E-state index >= 15 is 0 Å². The molecule has 3 rings (SSSR count). The minimum atomic E-state index is -0.621. The molecule has 0 aromatic heterocycles. The van der Waals surface area contributed by atoms with E-state index in [9.17, 15) is 0 Å². The van der Waals surface area contributed by atoms with E-state index in [-0.39, 0.29) is 29.8 Å². The summed E-state index contributed by atoms with van der Waals surface area (Å²) >= 11 is 4.85. The van der Waals surface area contributed by atoms with Gasteiger partial charge in [-0.1, -0.05) is 0 Å². The van der Waals surface area contributed by atoms with Crippen LogP contribution in [-0.2, 0) is 23.7 Å². The lowest BCUT2D eigenvalue weighted by Crippen LogP contribution is -2.44. The minimum absolute atomic E-state index is 0.150. The maximum atomic E-state index is 5.70. The number of hydrogen-bond acceptors (Lipinski definition) is 6. The summed E-state index contributed by atoms with van der Waals surface area (Å²) < 4.78 is 27.4. The van der Waals surface area contributed by atoms with E-state index in [4.69, 9.17) is 35.9 Å². The van der Waals surface area contributed by atoms with Crippen LogP contribution < -0.4 is 0 Å². The molecule has 3 saturated heterocycles. The fourth-order valence-electron chi connectivity index (χ4n) is 2.12. The van der Waals surface area contributed by atoms with Crippen molar-refractivity contribution < 1.29 is 23.7 Å². The van der Waals surface area contributed by atoms with Crippen LogP contribution in [0.1, 0.15) is 13.8 Å². The summed E-state index contributed by atoms with van der Waals surface area (Å²) in [7, 11) is 0. The average molecular weight is 232 g/mol. The van der Waals surface area contributed by atoms with E-state index in [1.807, 2.05) is 13.8 Å². The van der Waals surface area contributed by atoms with Gasteiger partial charge in [-0.25, -0.2) is 0 Å². The first-order valence-electron chi connectivity index (χ1n) is 4.90. The molecular weight excluding hydrogens is 220 g/mol.